The molecule has 4 heteroatoms. The molecule has 0 aliphatic carbocycles. The van der Waals surface area contributed by atoms with Crippen LogP contribution in [0.2, 0.25) is 0 Å². The summed E-state index contributed by atoms with van der Waals surface area (Å²) >= 11 is 0. The van der Waals surface area contributed by atoms with Crippen LogP contribution in [0.1, 0.15) is 29.1 Å². The normalized spacial score (nSPS) is 14.8. The van der Waals surface area contributed by atoms with E-state index in [0.29, 0.717) is 11.3 Å². The molecule has 0 atom stereocenters. The van der Waals surface area contributed by atoms with E-state index in [1.807, 2.05) is 75.4 Å². The lowest BCUT2D eigenvalue weighted by Crippen LogP contribution is -2.57. The second-order valence-electron chi connectivity index (χ2n) is 9.37. The lowest BCUT2D eigenvalue weighted by atomic mass is 9.34. The highest BCUT2D eigenvalue weighted by Gasteiger charge is 2.40. The summed E-state index contributed by atoms with van der Waals surface area (Å²) < 4.78 is 30.3. The zero-order valence-electron chi connectivity index (χ0n) is 20.3. The molecule has 0 saturated carbocycles. The van der Waals surface area contributed by atoms with Gasteiger partial charge in [-0.1, -0.05) is 57.2 Å². The van der Waals surface area contributed by atoms with Crippen LogP contribution in [0, 0.1) is 5.41 Å². The van der Waals surface area contributed by atoms with Crippen LogP contribution < -0.4 is 25.9 Å². The molecule has 3 nitrogen and oxygen atoms in total. The second-order valence-corrected chi connectivity index (χ2v) is 9.37. The molecule has 0 saturated heterocycles. The summed E-state index contributed by atoms with van der Waals surface area (Å²) in [6.07, 6.45) is 0.161. The van der Waals surface area contributed by atoms with Crippen LogP contribution in [0.3, 0.4) is 0 Å². The minimum atomic E-state index is -1.52. The maximum Gasteiger partial charge on any atom is 0.260 e. The van der Waals surface area contributed by atoms with Crippen LogP contribution in [0.25, 0.3) is 11.3 Å². The highest BCUT2D eigenvalue weighted by atomic mass is 16.5. The van der Waals surface area contributed by atoms with Gasteiger partial charge in [0.1, 0.15) is 23.0 Å². The summed E-state index contributed by atoms with van der Waals surface area (Å²) in [4.78, 5) is 4.62. The fraction of sp³-hybridized carbons (Fsp3) is 0.179. The number of aromatic nitrogens is 1. The quantitative estimate of drug-likeness (QED) is 0.368. The maximum atomic E-state index is 8.74. The van der Waals surface area contributed by atoms with Crippen LogP contribution >= 0.6 is 0 Å². The third-order valence-electron chi connectivity index (χ3n) is 5.89. The van der Waals surface area contributed by atoms with Gasteiger partial charge in [-0.3, -0.25) is 4.98 Å². The molecule has 0 N–H and O–H groups in total. The molecule has 0 radical (unpaired) electrons. The highest BCUT2D eigenvalue weighted by molar-refractivity contribution is 6.98. The predicted octanol–water partition coefficient (Wildman–Crippen LogP) is 5.06. The van der Waals surface area contributed by atoms with E-state index in [1.54, 1.807) is 12.3 Å². The van der Waals surface area contributed by atoms with Crippen molar-refractivity contribution in [2.45, 2.75) is 27.1 Å². The third-order valence-corrected chi connectivity index (χ3v) is 5.89. The van der Waals surface area contributed by atoms with Gasteiger partial charge in [0.25, 0.3) is 6.71 Å². The molecule has 3 heterocycles. The molecule has 156 valence electrons. The molecule has 0 unspecified atom stereocenters. The van der Waals surface area contributed by atoms with Gasteiger partial charge in [0.05, 0.1) is 5.69 Å². The van der Waals surface area contributed by atoms with E-state index in [0.717, 1.165) is 44.9 Å². The Morgan fingerprint density at radius 2 is 1.53 bits per heavy atom. The first-order chi connectivity index (χ1) is 16.3. The Balaban J connectivity index is 1.57. The van der Waals surface area contributed by atoms with Crippen molar-refractivity contribution in [3.8, 4) is 34.3 Å². The molecule has 0 spiro atoms. The van der Waals surface area contributed by atoms with Crippen LogP contribution in [0.5, 0.6) is 23.0 Å². The Hall–Kier alpha value is -3.53. The van der Waals surface area contributed by atoms with Crippen molar-refractivity contribution in [1.82, 2.24) is 4.98 Å². The van der Waals surface area contributed by atoms with Crippen molar-refractivity contribution < 1.29 is 12.2 Å². The average Bonchev–Trinajstić information content (AvgIpc) is 2.83. The van der Waals surface area contributed by atoms with E-state index >= 15 is 0 Å². The van der Waals surface area contributed by atoms with E-state index in [9.17, 15) is 0 Å². The first-order valence-corrected chi connectivity index (χ1v) is 10.9. The Kier molecular flexibility index (Phi) is 3.73. The molecular weight excluding hydrogens is 393 g/mol. The van der Waals surface area contributed by atoms with Crippen molar-refractivity contribution >= 4 is 23.1 Å². The van der Waals surface area contributed by atoms with Gasteiger partial charge in [-0.05, 0) is 64.7 Å². The number of hydrogen-bond donors (Lipinski definition) is 0. The third kappa shape index (κ3) is 3.10. The summed E-state index contributed by atoms with van der Waals surface area (Å²) in [6.45, 7) is 5.73. The zero-order valence-corrected chi connectivity index (χ0v) is 18.3. The number of ether oxygens (including phenoxy) is 2. The topological polar surface area (TPSA) is 31.4 Å². The molecular formula is C28H24BNO2. The molecule has 32 heavy (non-hydrogen) atoms. The molecule has 2 aliphatic heterocycles. The van der Waals surface area contributed by atoms with Gasteiger partial charge in [-0.2, -0.15) is 0 Å². The molecule has 2 aliphatic rings. The number of benzene rings is 3. The number of hydrogen-bond acceptors (Lipinski definition) is 3. The Labute approximate surface area is 191 Å². The Morgan fingerprint density at radius 1 is 0.844 bits per heavy atom. The van der Waals surface area contributed by atoms with E-state index in [1.165, 1.54) is 0 Å². The fourth-order valence-corrected chi connectivity index (χ4v) is 4.67. The SMILES string of the molecule is [2H]C([2H])(c1ccnc(-c2ccc3c4c2Oc2ccccc2B4c2ccccc2O3)c1)C(C)(C)C. The average molecular weight is 419 g/mol. The molecule has 0 fully saturated rings. The summed E-state index contributed by atoms with van der Waals surface area (Å²) in [5, 5.41) is 0. The lowest BCUT2D eigenvalue weighted by Gasteiger charge is -2.33. The van der Waals surface area contributed by atoms with Crippen LogP contribution in [-0.4, -0.2) is 11.7 Å². The Morgan fingerprint density at radius 3 is 2.25 bits per heavy atom. The smallest absolute Gasteiger partial charge is 0.260 e. The molecule has 0 amide bonds. The minimum Gasteiger partial charge on any atom is -0.458 e. The van der Waals surface area contributed by atoms with Crippen molar-refractivity contribution in [1.29, 1.82) is 0 Å². The van der Waals surface area contributed by atoms with Crippen LogP contribution in [0.15, 0.2) is 79.0 Å². The highest BCUT2D eigenvalue weighted by Crippen LogP contribution is 2.40. The van der Waals surface area contributed by atoms with Crippen LogP contribution in [-0.2, 0) is 6.37 Å². The molecule has 4 aromatic rings. The van der Waals surface area contributed by atoms with Crippen molar-refractivity contribution in [3.05, 3.63) is 84.6 Å². The fourth-order valence-electron chi connectivity index (χ4n) is 4.67. The number of fused-ring (bicyclic) bond motifs is 4. The van der Waals surface area contributed by atoms with E-state index < -0.39 is 11.8 Å². The lowest BCUT2D eigenvalue weighted by molar-refractivity contribution is 0.411. The van der Waals surface area contributed by atoms with Crippen molar-refractivity contribution in [2.24, 2.45) is 5.41 Å². The molecule has 1 aromatic heterocycles. The van der Waals surface area contributed by atoms with E-state index in [4.69, 9.17) is 12.2 Å². The van der Waals surface area contributed by atoms with Gasteiger partial charge < -0.3 is 9.47 Å². The largest absolute Gasteiger partial charge is 0.458 e. The summed E-state index contributed by atoms with van der Waals surface area (Å²) in [7, 11) is 0. The standard InChI is InChI=1S/C28H24BNO2/c1-28(2,3)17-18-14-15-30-22(16-18)19-12-13-25-26-27(19)32-24-11-7-5-9-21(24)29(26)20-8-4-6-10-23(20)31-25/h4-16H,17H2,1-3H3/i17D2. The van der Waals surface area contributed by atoms with Gasteiger partial charge in [0, 0.05) is 20.0 Å². The number of rotatable bonds is 2. The molecule has 0 bridgehead atoms. The van der Waals surface area contributed by atoms with Crippen molar-refractivity contribution in [2.75, 3.05) is 0 Å². The van der Waals surface area contributed by atoms with Gasteiger partial charge in [0.15, 0.2) is 0 Å². The van der Waals surface area contributed by atoms with Gasteiger partial charge >= 0.3 is 0 Å². The number of para-hydroxylation sites is 2. The number of nitrogens with zero attached hydrogens (tertiary/aromatic N) is 1. The molecule has 6 rings (SSSR count). The van der Waals surface area contributed by atoms with Gasteiger partial charge in [-0.25, -0.2) is 0 Å². The summed E-state index contributed by atoms with van der Waals surface area (Å²) in [6, 6.07) is 23.8. The summed E-state index contributed by atoms with van der Waals surface area (Å²) in [5.41, 5.74) is 4.75. The summed E-state index contributed by atoms with van der Waals surface area (Å²) in [5.74, 6) is 3.17. The monoisotopic (exact) mass is 419 g/mol. The van der Waals surface area contributed by atoms with E-state index in [-0.39, 0.29) is 6.71 Å². The first-order valence-electron chi connectivity index (χ1n) is 11.9. The minimum absolute atomic E-state index is 0.0101. The zero-order chi connectivity index (χ0) is 23.7. The van der Waals surface area contributed by atoms with Crippen LogP contribution in [0.4, 0.5) is 0 Å². The number of pyridine rings is 1. The second kappa shape index (κ2) is 6.99. The predicted molar refractivity (Wildman–Crippen MR) is 131 cm³/mol. The van der Waals surface area contributed by atoms with Crippen molar-refractivity contribution in [3.63, 3.8) is 0 Å². The molecule has 3 aromatic carbocycles. The first kappa shape index (κ1) is 17.1. The van der Waals surface area contributed by atoms with Gasteiger partial charge in [-0.15, -0.1) is 0 Å². The maximum absolute atomic E-state index is 8.74. The van der Waals surface area contributed by atoms with E-state index in [2.05, 4.69) is 17.1 Å². The Bertz CT molecular complexity index is 1430. The van der Waals surface area contributed by atoms with Gasteiger partial charge in [0.2, 0.25) is 0 Å².